The van der Waals surface area contributed by atoms with Crippen molar-refractivity contribution < 1.29 is 14.7 Å². The molecule has 0 atom stereocenters. The Morgan fingerprint density at radius 3 is 2.53 bits per heavy atom. The molecular formula is C15H19NO3. The summed E-state index contributed by atoms with van der Waals surface area (Å²) >= 11 is 0. The van der Waals surface area contributed by atoms with Crippen molar-refractivity contribution in [1.82, 2.24) is 0 Å². The van der Waals surface area contributed by atoms with Crippen molar-refractivity contribution in [3.8, 4) is 0 Å². The fraction of sp³-hybridized carbons (Fsp3) is 0.467. The van der Waals surface area contributed by atoms with Gasteiger partial charge in [0.25, 0.3) is 0 Å². The van der Waals surface area contributed by atoms with Crippen LogP contribution in [0.2, 0.25) is 0 Å². The molecule has 1 aliphatic carbocycles. The van der Waals surface area contributed by atoms with Crippen LogP contribution in [0.25, 0.3) is 0 Å². The normalized spacial score (nSPS) is 16.0. The minimum absolute atomic E-state index is 0.0828. The quantitative estimate of drug-likeness (QED) is 0.874. The van der Waals surface area contributed by atoms with E-state index in [0.717, 1.165) is 12.8 Å². The van der Waals surface area contributed by atoms with Crippen LogP contribution in [0.4, 0.5) is 5.69 Å². The Labute approximate surface area is 112 Å². The van der Waals surface area contributed by atoms with E-state index in [1.165, 1.54) is 25.3 Å². The Morgan fingerprint density at radius 2 is 1.84 bits per heavy atom. The van der Waals surface area contributed by atoms with Crippen LogP contribution in [-0.4, -0.2) is 17.0 Å². The zero-order chi connectivity index (χ0) is 13.7. The van der Waals surface area contributed by atoms with Crippen LogP contribution >= 0.6 is 0 Å². The first-order chi connectivity index (χ1) is 9.16. The molecule has 4 nitrogen and oxygen atoms in total. The Bertz CT molecular complexity index is 464. The Kier molecular flexibility index (Phi) is 4.55. The summed E-state index contributed by atoms with van der Waals surface area (Å²) in [5, 5.41) is 11.8. The number of para-hydroxylation sites is 1. The van der Waals surface area contributed by atoms with Gasteiger partial charge in [0, 0.05) is 6.42 Å². The van der Waals surface area contributed by atoms with Gasteiger partial charge in [-0.25, -0.2) is 4.79 Å². The fourth-order valence-corrected chi connectivity index (χ4v) is 2.63. The standard InChI is InChI=1S/C15H19NO3/c17-14(10-11-6-2-1-3-7-11)16-13-9-5-4-8-12(13)15(18)19/h4-5,8-9,11H,1-3,6-7,10H2,(H,16,17)(H,18,19). The molecule has 0 aliphatic heterocycles. The largest absolute Gasteiger partial charge is 0.478 e. The number of carboxylic acids is 1. The highest BCUT2D eigenvalue weighted by molar-refractivity contribution is 6.00. The van der Waals surface area contributed by atoms with Crippen LogP contribution in [-0.2, 0) is 4.79 Å². The number of carbonyl (C=O) groups is 2. The molecule has 1 saturated carbocycles. The Hall–Kier alpha value is -1.84. The second-order valence-electron chi connectivity index (χ2n) is 5.11. The minimum Gasteiger partial charge on any atom is -0.478 e. The van der Waals surface area contributed by atoms with Crippen molar-refractivity contribution >= 4 is 17.6 Å². The van der Waals surface area contributed by atoms with Gasteiger partial charge in [-0.15, -0.1) is 0 Å². The summed E-state index contributed by atoms with van der Waals surface area (Å²) < 4.78 is 0. The van der Waals surface area contributed by atoms with E-state index in [2.05, 4.69) is 5.32 Å². The SMILES string of the molecule is O=C(CC1CCCCC1)Nc1ccccc1C(=O)O. The first-order valence-corrected chi connectivity index (χ1v) is 6.79. The van der Waals surface area contributed by atoms with E-state index < -0.39 is 5.97 Å². The molecule has 0 bridgehead atoms. The van der Waals surface area contributed by atoms with Crippen LogP contribution in [0.15, 0.2) is 24.3 Å². The van der Waals surface area contributed by atoms with Crippen molar-refractivity contribution in [2.75, 3.05) is 5.32 Å². The number of hydrogen-bond donors (Lipinski definition) is 2. The van der Waals surface area contributed by atoms with Crippen LogP contribution < -0.4 is 5.32 Å². The van der Waals surface area contributed by atoms with Gasteiger partial charge in [0.05, 0.1) is 11.3 Å². The van der Waals surface area contributed by atoms with Crippen LogP contribution in [0.5, 0.6) is 0 Å². The van der Waals surface area contributed by atoms with Gasteiger partial charge in [-0.2, -0.15) is 0 Å². The van der Waals surface area contributed by atoms with E-state index in [0.29, 0.717) is 18.0 Å². The highest BCUT2D eigenvalue weighted by Gasteiger charge is 2.18. The van der Waals surface area contributed by atoms with E-state index in [1.807, 2.05) is 0 Å². The van der Waals surface area contributed by atoms with Gasteiger partial charge in [0.15, 0.2) is 0 Å². The number of nitrogens with one attached hydrogen (secondary N) is 1. The summed E-state index contributed by atoms with van der Waals surface area (Å²) in [6.07, 6.45) is 6.36. The molecule has 2 N–H and O–H groups in total. The van der Waals surface area contributed by atoms with E-state index in [4.69, 9.17) is 5.11 Å². The molecule has 1 fully saturated rings. The van der Waals surface area contributed by atoms with Crippen LogP contribution in [0.1, 0.15) is 48.9 Å². The van der Waals surface area contributed by atoms with Gasteiger partial charge in [-0.05, 0) is 30.9 Å². The maximum Gasteiger partial charge on any atom is 0.337 e. The predicted molar refractivity (Wildman–Crippen MR) is 73.2 cm³/mol. The van der Waals surface area contributed by atoms with Gasteiger partial charge >= 0.3 is 5.97 Å². The van der Waals surface area contributed by atoms with Gasteiger partial charge in [-0.3, -0.25) is 4.79 Å². The predicted octanol–water partition coefficient (Wildman–Crippen LogP) is 3.29. The molecule has 2 rings (SSSR count). The van der Waals surface area contributed by atoms with Crippen molar-refractivity contribution in [2.45, 2.75) is 38.5 Å². The van der Waals surface area contributed by atoms with E-state index in [1.54, 1.807) is 18.2 Å². The van der Waals surface area contributed by atoms with Crippen LogP contribution in [0.3, 0.4) is 0 Å². The number of rotatable bonds is 4. The number of aromatic carboxylic acids is 1. The van der Waals surface area contributed by atoms with Crippen LogP contribution in [0, 0.1) is 5.92 Å². The van der Waals surface area contributed by atoms with E-state index >= 15 is 0 Å². The molecule has 1 amide bonds. The number of benzene rings is 1. The summed E-state index contributed by atoms with van der Waals surface area (Å²) in [5.41, 5.74) is 0.523. The number of anilines is 1. The molecule has 0 unspecified atom stereocenters. The number of amides is 1. The average molecular weight is 261 g/mol. The highest BCUT2D eigenvalue weighted by Crippen LogP contribution is 2.26. The molecule has 1 aromatic rings. The lowest BCUT2D eigenvalue weighted by atomic mass is 9.87. The third-order valence-corrected chi connectivity index (χ3v) is 3.63. The second-order valence-corrected chi connectivity index (χ2v) is 5.11. The van der Waals surface area contributed by atoms with Gasteiger partial charge in [0.1, 0.15) is 0 Å². The zero-order valence-corrected chi connectivity index (χ0v) is 10.9. The first-order valence-electron chi connectivity index (χ1n) is 6.79. The molecule has 19 heavy (non-hydrogen) atoms. The van der Waals surface area contributed by atoms with Crippen molar-refractivity contribution in [1.29, 1.82) is 0 Å². The molecule has 0 spiro atoms. The van der Waals surface area contributed by atoms with E-state index in [9.17, 15) is 9.59 Å². The Balaban J connectivity index is 1.96. The van der Waals surface area contributed by atoms with Crippen molar-refractivity contribution in [3.63, 3.8) is 0 Å². The summed E-state index contributed by atoms with van der Waals surface area (Å²) in [6.45, 7) is 0. The smallest absolute Gasteiger partial charge is 0.337 e. The van der Waals surface area contributed by atoms with Gasteiger partial charge < -0.3 is 10.4 Å². The van der Waals surface area contributed by atoms with Crippen molar-refractivity contribution in [2.24, 2.45) is 5.92 Å². The maximum absolute atomic E-state index is 12.0. The topological polar surface area (TPSA) is 66.4 Å². The summed E-state index contributed by atoms with van der Waals surface area (Å²) in [4.78, 5) is 23.0. The van der Waals surface area contributed by atoms with Crippen molar-refractivity contribution in [3.05, 3.63) is 29.8 Å². The summed E-state index contributed by atoms with van der Waals surface area (Å²) in [5.74, 6) is -0.653. The Morgan fingerprint density at radius 1 is 1.16 bits per heavy atom. The molecule has 0 radical (unpaired) electrons. The molecule has 0 aromatic heterocycles. The third-order valence-electron chi connectivity index (χ3n) is 3.63. The molecule has 102 valence electrons. The second kappa shape index (κ2) is 6.36. The molecule has 0 heterocycles. The average Bonchev–Trinajstić information content (AvgIpc) is 2.40. The zero-order valence-electron chi connectivity index (χ0n) is 10.9. The molecular weight excluding hydrogens is 242 g/mol. The van der Waals surface area contributed by atoms with E-state index in [-0.39, 0.29) is 11.5 Å². The summed E-state index contributed by atoms with van der Waals surface area (Å²) in [7, 11) is 0. The molecule has 1 aliphatic rings. The molecule has 1 aromatic carbocycles. The lowest BCUT2D eigenvalue weighted by Crippen LogP contribution is -2.19. The van der Waals surface area contributed by atoms with Gasteiger partial charge in [-0.1, -0.05) is 31.4 Å². The first kappa shape index (κ1) is 13.6. The maximum atomic E-state index is 12.0. The summed E-state index contributed by atoms with van der Waals surface area (Å²) in [6, 6.07) is 6.50. The fourth-order valence-electron chi connectivity index (χ4n) is 2.63. The highest BCUT2D eigenvalue weighted by atomic mass is 16.4. The molecule has 4 heteroatoms. The minimum atomic E-state index is -1.02. The molecule has 0 saturated heterocycles. The van der Waals surface area contributed by atoms with Gasteiger partial charge in [0.2, 0.25) is 5.91 Å². The third kappa shape index (κ3) is 3.81. The number of hydrogen-bond acceptors (Lipinski definition) is 2. The lowest BCUT2D eigenvalue weighted by molar-refractivity contribution is -0.117. The number of carboxylic acid groups (broad SMARTS) is 1. The monoisotopic (exact) mass is 261 g/mol. The number of carbonyl (C=O) groups excluding carboxylic acids is 1. The lowest BCUT2D eigenvalue weighted by Gasteiger charge is -2.21.